The van der Waals surface area contributed by atoms with Crippen molar-refractivity contribution in [2.75, 3.05) is 5.73 Å². The first-order chi connectivity index (χ1) is 8.16. The Balaban J connectivity index is 2.02. The van der Waals surface area contributed by atoms with Crippen LogP contribution in [0.2, 0.25) is 0 Å². The number of nitrogens with zero attached hydrogens (tertiary/aromatic N) is 2. The van der Waals surface area contributed by atoms with Crippen LogP contribution >= 0.6 is 11.8 Å². The van der Waals surface area contributed by atoms with Crippen molar-refractivity contribution in [3.63, 3.8) is 0 Å². The maximum atomic E-state index is 5.66. The summed E-state index contributed by atoms with van der Waals surface area (Å²) in [6.07, 6.45) is 3.83. The molecule has 2 aromatic rings. The third-order valence-corrected chi connectivity index (χ3v) is 3.62. The van der Waals surface area contributed by atoms with Crippen LogP contribution in [0.15, 0.2) is 41.7 Å². The summed E-state index contributed by atoms with van der Waals surface area (Å²) in [5.74, 6) is 0.933. The van der Waals surface area contributed by atoms with Crippen molar-refractivity contribution in [3.05, 3.63) is 42.5 Å². The fraction of sp³-hybridized carbons (Fsp3) is 0.308. The minimum absolute atomic E-state index is 0.458. The second-order valence-corrected chi connectivity index (χ2v) is 5.29. The molecule has 0 unspecified atom stereocenters. The van der Waals surface area contributed by atoms with Crippen LogP contribution in [0.5, 0.6) is 0 Å². The lowest BCUT2D eigenvalue weighted by Crippen LogP contribution is -2.02. The molecule has 0 fully saturated rings. The highest BCUT2D eigenvalue weighted by Crippen LogP contribution is 2.24. The van der Waals surface area contributed by atoms with E-state index >= 15 is 0 Å². The summed E-state index contributed by atoms with van der Waals surface area (Å²) in [4.78, 5) is 5.43. The van der Waals surface area contributed by atoms with E-state index in [-0.39, 0.29) is 0 Å². The molecule has 0 aliphatic carbocycles. The molecule has 90 valence electrons. The zero-order valence-electron chi connectivity index (χ0n) is 10.1. The topological polar surface area (TPSA) is 43.8 Å². The van der Waals surface area contributed by atoms with Crippen molar-refractivity contribution in [3.8, 4) is 0 Å². The van der Waals surface area contributed by atoms with Crippen molar-refractivity contribution in [1.82, 2.24) is 9.55 Å². The van der Waals surface area contributed by atoms with E-state index in [2.05, 4.69) is 35.5 Å². The van der Waals surface area contributed by atoms with Gasteiger partial charge in [-0.05, 0) is 38.1 Å². The summed E-state index contributed by atoms with van der Waals surface area (Å²) in [7, 11) is 0. The molecule has 2 N–H and O–H groups in total. The Bertz CT molecular complexity index is 474. The average molecular weight is 247 g/mol. The molecule has 0 amide bonds. The molecule has 0 aliphatic rings. The van der Waals surface area contributed by atoms with Crippen molar-refractivity contribution in [2.45, 2.75) is 30.5 Å². The van der Waals surface area contributed by atoms with Gasteiger partial charge in [0.05, 0.1) is 6.33 Å². The largest absolute Gasteiger partial charge is 0.399 e. The summed E-state index contributed by atoms with van der Waals surface area (Å²) >= 11 is 1.80. The van der Waals surface area contributed by atoms with Crippen LogP contribution in [-0.4, -0.2) is 9.55 Å². The summed E-state index contributed by atoms with van der Waals surface area (Å²) in [6, 6.07) is 8.43. The summed E-state index contributed by atoms with van der Waals surface area (Å²) < 4.78 is 2.20. The number of benzene rings is 1. The Morgan fingerprint density at radius 3 is 2.65 bits per heavy atom. The van der Waals surface area contributed by atoms with E-state index in [0.29, 0.717) is 6.04 Å². The average Bonchev–Trinajstić information content (AvgIpc) is 2.76. The lowest BCUT2D eigenvalue weighted by atomic mass is 10.3. The normalized spacial score (nSPS) is 11.0. The minimum Gasteiger partial charge on any atom is -0.399 e. The first-order valence-corrected chi connectivity index (χ1v) is 6.64. The van der Waals surface area contributed by atoms with Gasteiger partial charge in [-0.15, -0.1) is 11.8 Å². The lowest BCUT2D eigenvalue weighted by Gasteiger charge is -2.11. The third-order valence-electron chi connectivity index (χ3n) is 2.57. The zero-order valence-corrected chi connectivity index (χ0v) is 10.9. The Kier molecular flexibility index (Phi) is 3.74. The Morgan fingerprint density at radius 2 is 2.00 bits per heavy atom. The maximum absolute atomic E-state index is 5.66. The lowest BCUT2D eigenvalue weighted by molar-refractivity contribution is 0.584. The standard InChI is InChI=1S/C13H17N3S/c1-10(2)16-9-15-7-12(16)8-17-13-5-3-11(14)4-6-13/h3-7,9-10H,8,14H2,1-2H3. The molecule has 0 atom stereocenters. The highest BCUT2D eigenvalue weighted by molar-refractivity contribution is 7.98. The first-order valence-electron chi connectivity index (χ1n) is 5.66. The summed E-state index contributed by atoms with van der Waals surface area (Å²) in [5.41, 5.74) is 7.72. The van der Waals surface area contributed by atoms with E-state index in [9.17, 15) is 0 Å². The van der Waals surface area contributed by atoms with Crippen molar-refractivity contribution < 1.29 is 0 Å². The van der Waals surface area contributed by atoms with Crippen molar-refractivity contribution in [2.24, 2.45) is 0 Å². The van der Waals surface area contributed by atoms with E-state index in [1.807, 2.05) is 24.7 Å². The van der Waals surface area contributed by atoms with Crippen LogP contribution in [-0.2, 0) is 5.75 Å². The monoisotopic (exact) mass is 247 g/mol. The van der Waals surface area contributed by atoms with E-state index < -0.39 is 0 Å². The van der Waals surface area contributed by atoms with Gasteiger partial charge in [0.15, 0.2) is 0 Å². The third kappa shape index (κ3) is 3.03. The van der Waals surface area contributed by atoms with E-state index in [1.165, 1.54) is 10.6 Å². The molecular weight excluding hydrogens is 230 g/mol. The van der Waals surface area contributed by atoms with Gasteiger partial charge in [0.2, 0.25) is 0 Å². The highest BCUT2D eigenvalue weighted by Gasteiger charge is 2.05. The molecule has 0 saturated heterocycles. The predicted molar refractivity (Wildman–Crippen MR) is 73.0 cm³/mol. The second kappa shape index (κ2) is 5.27. The SMILES string of the molecule is CC(C)n1cncc1CSc1ccc(N)cc1. The molecule has 0 saturated carbocycles. The molecule has 3 nitrogen and oxygen atoms in total. The number of nitrogen functional groups attached to an aromatic ring is 1. The number of aromatic nitrogens is 2. The molecule has 1 aromatic carbocycles. The molecule has 17 heavy (non-hydrogen) atoms. The van der Waals surface area contributed by atoms with Crippen LogP contribution in [0.25, 0.3) is 0 Å². The minimum atomic E-state index is 0.458. The van der Waals surface area contributed by atoms with Crippen LogP contribution in [0, 0.1) is 0 Å². The number of hydrogen-bond acceptors (Lipinski definition) is 3. The Morgan fingerprint density at radius 1 is 1.29 bits per heavy atom. The van der Waals surface area contributed by atoms with Crippen LogP contribution < -0.4 is 5.73 Å². The van der Waals surface area contributed by atoms with Gasteiger partial charge in [-0.1, -0.05) is 0 Å². The number of rotatable bonds is 4. The molecule has 0 radical (unpaired) electrons. The number of thioether (sulfide) groups is 1. The predicted octanol–water partition coefficient (Wildman–Crippen LogP) is 3.34. The number of nitrogens with two attached hydrogens (primary N) is 1. The second-order valence-electron chi connectivity index (χ2n) is 4.24. The van der Waals surface area contributed by atoms with E-state index in [1.54, 1.807) is 11.8 Å². The quantitative estimate of drug-likeness (QED) is 0.665. The molecule has 4 heteroatoms. The van der Waals surface area contributed by atoms with E-state index in [0.717, 1.165) is 11.4 Å². The maximum Gasteiger partial charge on any atom is 0.0950 e. The smallest absolute Gasteiger partial charge is 0.0950 e. The molecule has 2 rings (SSSR count). The summed E-state index contributed by atoms with van der Waals surface area (Å²) in [6.45, 7) is 4.33. The Hall–Kier alpha value is -1.42. The van der Waals surface area contributed by atoms with Gasteiger partial charge in [-0.2, -0.15) is 0 Å². The molecule has 0 bridgehead atoms. The van der Waals surface area contributed by atoms with Gasteiger partial charge in [-0.25, -0.2) is 4.98 Å². The number of imidazole rings is 1. The Labute approximate surface area is 106 Å². The molecular formula is C13H17N3S. The first kappa shape index (κ1) is 12.0. The van der Waals surface area contributed by atoms with Crippen LogP contribution in [0.4, 0.5) is 5.69 Å². The van der Waals surface area contributed by atoms with Gasteiger partial charge in [-0.3, -0.25) is 0 Å². The van der Waals surface area contributed by atoms with Crippen molar-refractivity contribution >= 4 is 17.4 Å². The fourth-order valence-corrected chi connectivity index (χ4v) is 2.50. The van der Waals surface area contributed by atoms with Crippen molar-refractivity contribution in [1.29, 1.82) is 0 Å². The number of hydrogen-bond donors (Lipinski definition) is 1. The number of anilines is 1. The summed E-state index contributed by atoms with van der Waals surface area (Å²) in [5, 5.41) is 0. The van der Waals surface area contributed by atoms with Crippen LogP contribution in [0.1, 0.15) is 25.6 Å². The fourth-order valence-electron chi connectivity index (χ4n) is 1.63. The van der Waals surface area contributed by atoms with Gasteiger partial charge >= 0.3 is 0 Å². The van der Waals surface area contributed by atoms with Crippen LogP contribution in [0.3, 0.4) is 0 Å². The zero-order chi connectivity index (χ0) is 12.3. The van der Waals surface area contributed by atoms with Gasteiger partial charge in [0, 0.05) is 34.3 Å². The molecule has 1 aromatic heterocycles. The molecule has 1 heterocycles. The van der Waals surface area contributed by atoms with Gasteiger partial charge in [0.1, 0.15) is 0 Å². The van der Waals surface area contributed by atoms with Gasteiger partial charge in [0.25, 0.3) is 0 Å². The highest BCUT2D eigenvalue weighted by atomic mass is 32.2. The van der Waals surface area contributed by atoms with E-state index in [4.69, 9.17) is 5.73 Å². The van der Waals surface area contributed by atoms with Gasteiger partial charge < -0.3 is 10.3 Å². The molecule has 0 spiro atoms. The molecule has 0 aliphatic heterocycles.